The number of nitrogens with zero attached hydrogens (tertiary/aromatic N) is 1. The van der Waals surface area contributed by atoms with Gasteiger partial charge in [-0.15, -0.1) is 4.57 Å². The Bertz CT molecular complexity index is 297. The van der Waals surface area contributed by atoms with Gasteiger partial charge in [0.05, 0.1) is 6.92 Å². The minimum atomic E-state index is 0.940. The predicted octanol–water partition coefficient (Wildman–Crippen LogP) is 2.37. The molecular formula is C10H16NO+. The summed E-state index contributed by atoms with van der Waals surface area (Å²) in [7, 11) is 0. The Kier molecular flexibility index (Phi) is 2.69. The summed E-state index contributed by atoms with van der Waals surface area (Å²) in [6.07, 6.45) is 5.23. The van der Waals surface area contributed by atoms with Crippen LogP contribution in [0, 0.1) is 20.8 Å². The van der Waals surface area contributed by atoms with Gasteiger partial charge in [0.2, 0.25) is 5.69 Å². The summed E-state index contributed by atoms with van der Waals surface area (Å²) in [5.74, 6) is 1.93. The van der Waals surface area contributed by atoms with E-state index in [0.717, 1.165) is 18.1 Å². The van der Waals surface area contributed by atoms with Crippen LogP contribution in [0.25, 0.3) is 6.20 Å². The summed E-state index contributed by atoms with van der Waals surface area (Å²) in [5.41, 5.74) is 1.18. The predicted molar refractivity (Wildman–Crippen MR) is 48.7 cm³/mol. The van der Waals surface area contributed by atoms with Crippen molar-refractivity contribution in [2.24, 2.45) is 0 Å². The molecule has 0 amide bonds. The van der Waals surface area contributed by atoms with Gasteiger partial charge in [-0.3, -0.25) is 0 Å². The van der Waals surface area contributed by atoms with E-state index < -0.39 is 0 Å². The van der Waals surface area contributed by atoms with Crippen LogP contribution in [0.15, 0.2) is 10.5 Å². The first-order valence-corrected chi connectivity index (χ1v) is 4.31. The quantitative estimate of drug-likeness (QED) is 0.616. The second kappa shape index (κ2) is 3.57. The van der Waals surface area contributed by atoms with Crippen molar-refractivity contribution in [1.82, 2.24) is 0 Å². The molecular weight excluding hydrogens is 150 g/mol. The number of oxazole rings is 1. The summed E-state index contributed by atoms with van der Waals surface area (Å²) >= 11 is 0. The molecule has 0 radical (unpaired) electrons. The smallest absolute Gasteiger partial charge is 0.349 e. The molecule has 0 spiro atoms. The second-order valence-electron chi connectivity index (χ2n) is 2.93. The molecule has 66 valence electrons. The standard InChI is InChI=1S/C10H16NO/c1-5-6-7-11-8(2)9(3)12-10(11)4/h6-7H,5H2,1-4H3/q+1. The van der Waals surface area contributed by atoms with Gasteiger partial charge in [-0.2, -0.15) is 0 Å². The van der Waals surface area contributed by atoms with Gasteiger partial charge in [0.1, 0.15) is 0 Å². The molecule has 1 heterocycles. The van der Waals surface area contributed by atoms with Crippen LogP contribution < -0.4 is 4.57 Å². The molecule has 0 atom stereocenters. The first kappa shape index (κ1) is 9.04. The van der Waals surface area contributed by atoms with E-state index in [1.165, 1.54) is 5.69 Å². The van der Waals surface area contributed by atoms with Gasteiger partial charge in [-0.1, -0.05) is 6.92 Å². The second-order valence-corrected chi connectivity index (χ2v) is 2.93. The van der Waals surface area contributed by atoms with Crippen molar-refractivity contribution in [2.45, 2.75) is 34.1 Å². The minimum Gasteiger partial charge on any atom is -0.407 e. The number of aryl methyl sites for hydroxylation is 2. The number of aromatic nitrogens is 1. The van der Waals surface area contributed by atoms with Crippen molar-refractivity contribution in [3.05, 3.63) is 23.4 Å². The Morgan fingerprint density at radius 2 is 2.00 bits per heavy atom. The first-order valence-electron chi connectivity index (χ1n) is 4.31. The molecule has 0 bridgehead atoms. The van der Waals surface area contributed by atoms with Crippen LogP contribution in [0.5, 0.6) is 0 Å². The van der Waals surface area contributed by atoms with Crippen LogP contribution in [0.4, 0.5) is 0 Å². The highest BCUT2D eigenvalue weighted by atomic mass is 16.4. The van der Waals surface area contributed by atoms with E-state index in [4.69, 9.17) is 4.42 Å². The normalized spacial score (nSPS) is 11.3. The van der Waals surface area contributed by atoms with Crippen molar-refractivity contribution in [1.29, 1.82) is 0 Å². The Balaban J connectivity index is 3.05. The lowest BCUT2D eigenvalue weighted by atomic mass is 10.4. The Labute approximate surface area is 73.5 Å². The molecule has 0 saturated heterocycles. The molecule has 0 N–H and O–H groups in total. The van der Waals surface area contributed by atoms with E-state index in [1.54, 1.807) is 0 Å². The molecule has 0 unspecified atom stereocenters. The highest BCUT2D eigenvalue weighted by Crippen LogP contribution is 2.05. The van der Waals surface area contributed by atoms with Crippen LogP contribution in [0.1, 0.15) is 30.7 Å². The van der Waals surface area contributed by atoms with Gasteiger partial charge >= 0.3 is 5.89 Å². The molecule has 1 aromatic heterocycles. The van der Waals surface area contributed by atoms with Crippen molar-refractivity contribution in [3.63, 3.8) is 0 Å². The fourth-order valence-corrected chi connectivity index (χ4v) is 1.18. The van der Waals surface area contributed by atoms with Crippen molar-refractivity contribution in [3.8, 4) is 0 Å². The average molecular weight is 166 g/mol. The number of hydrogen-bond donors (Lipinski definition) is 0. The summed E-state index contributed by atoms with van der Waals surface area (Å²) in [6.45, 7) is 8.14. The lowest BCUT2D eigenvalue weighted by Gasteiger charge is -1.83. The lowest BCUT2D eigenvalue weighted by molar-refractivity contribution is -0.586. The first-order chi connectivity index (χ1) is 5.66. The maximum atomic E-state index is 5.45. The van der Waals surface area contributed by atoms with E-state index in [2.05, 4.69) is 30.7 Å². The fourth-order valence-electron chi connectivity index (χ4n) is 1.18. The number of rotatable bonds is 2. The van der Waals surface area contributed by atoms with E-state index in [0.29, 0.717) is 0 Å². The fraction of sp³-hybridized carbons (Fsp3) is 0.500. The maximum absolute atomic E-state index is 5.45. The van der Waals surface area contributed by atoms with Crippen molar-refractivity contribution >= 4 is 6.20 Å². The molecule has 0 aromatic carbocycles. The van der Waals surface area contributed by atoms with Crippen LogP contribution >= 0.6 is 0 Å². The lowest BCUT2D eigenvalue weighted by Crippen LogP contribution is -2.30. The summed E-state index contributed by atoms with van der Waals surface area (Å²) in [5, 5.41) is 0. The van der Waals surface area contributed by atoms with Crippen LogP contribution in [0.3, 0.4) is 0 Å². The summed E-state index contributed by atoms with van der Waals surface area (Å²) in [6, 6.07) is 0. The zero-order valence-electron chi connectivity index (χ0n) is 8.22. The van der Waals surface area contributed by atoms with Gasteiger partial charge in [0.15, 0.2) is 12.0 Å². The van der Waals surface area contributed by atoms with Gasteiger partial charge in [-0.25, -0.2) is 0 Å². The van der Waals surface area contributed by atoms with Gasteiger partial charge < -0.3 is 4.42 Å². The minimum absolute atomic E-state index is 0.940. The number of allylic oxidation sites excluding steroid dienone is 1. The molecule has 1 rings (SSSR count). The van der Waals surface area contributed by atoms with Crippen LogP contribution in [0.2, 0.25) is 0 Å². The Morgan fingerprint density at radius 3 is 2.42 bits per heavy atom. The van der Waals surface area contributed by atoms with E-state index in [-0.39, 0.29) is 0 Å². The maximum Gasteiger partial charge on any atom is 0.349 e. The average Bonchev–Trinajstić information content (AvgIpc) is 2.25. The molecule has 2 nitrogen and oxygen atoms in total. The van der Waals surface area contributed by atoms with E-state index in [1.807, 2.05) is 13.8 Å². The third kappa shape index (κ3) is 1.58. The van der Waals surface area contributed by atoms with Crippen LogP contribution in [-0.4, -0.2) is 0 Å². The summed E-state index contributed by atoms with van der Waals surface area (Å²) in [4.78, 5) is 0. The van der Waals surface area contributed by atoms with Crippen molar-refractivity contribution < 1.29 is 8.98 Å². The molecule has 1 aromatic rings. The molecule has 0 aliphatic carbocycles. The SMILES string of the molecule is CCC=C[n+]1c(C)oc(C)c1C. The van der Waals surface area contributed by atoms with Crippen LogP contribution in [-0.2, 0) is 0 Å². The molecule has 0 aliphatic rings. The molecule has 0 saturated carbocycles. The third-order valence-corrected chi connectivity index (χ3v) is 2.00. The monoisotopic (exact) mass is 166 g/mol. The highest BCUT2D eigenvalue weighted by Gasteiger charge is 2.16. The van der Waals surface area contributed by atoms with Crippen molar-refractivity contribution in [2.75, 3.05) is 0 Å². The Hall–Kier alpha value is -1.05. The van der Waals surface area contributed by atoms with Gasteiger partial charge in [-0.05, 0) is 12.5 Å². The summed E-state index contributed by atoms with van der Waals surface area (Å²) < 4.78 is 7.52. The molecule has 0 fully saturated rings. The highest BCUT2D eigenvalue weighted by molar-refractivity contribution is 5.10. The number of hydrogen-bond acceptors (Lipinski definition) is 1. The molecule has 0 aliphatic heterocycles. The van der Waals surface area contributed by atoms with E-state index in [9.17, 15) is 0 Å². The van der Waals surface area contributed by atoms with Gasteiger partial charge in [0, 0.05) is 13.8 Å². The topological polar surface area (TPSA) is 17.0 Å². The Morgan fingerprint density at radius 1 is 1.33 bits per heavy atom. The zero-order chi connectivity index (χ0) is 9.14. The van der Waals surface area contributed by atoms with Gasteiger partial charge in [0.25, 0.3) is 0 Å². The van der Waals surface area contributed by atoms with E-state index >= 15 is 0 Å². The molecule has 12 heavy (non-hydrogen) atoms. The largest absolute Gasteiger partial charge is 0.407 e. The third-order valence-electron chi connectivity index (χ3n) is 2.00. The molecule has 2 heteroatoms. The zero-order valence-corrected chi connectivity index (χ0v) is 8.22.